The fraction of sp³-hybridized carbons (Fsp3) is 0.0833. The van der Waals surface area contributed by atoms with Gasteiger partial charge in [0.15, 0.2) is 5.58 Å². The fourth-order valence-corrected chi connectivity index (χ4v) is 2.33. The van der Waals surface area contributed by atoms with Crippen LogP contribution in [0.3, 0.4) is 0 Å². The third kappa shape index (κ3) is 1.31. The van der Waals surface area contributed by atoms with Crippen LogP contribution < -0.4 is 5.73 Å². The molecule has 3 nitrogen and oxygen atoms in total. The van der Waals surface area contributed by atoms with Gasteiger partial charge in [0.25, 0.3) is 0 Å². The first-order valence-corrected chi connectivity index (χ1v) is 5.83. The highest BCUT2D eigenvalue weighted by molar-refractivity contribution is 7.14. The second-order valence-corrected chi connectivity index (χ2v) is 4.59. The van der Waals surface area contributed by atoms with Gasteiger partial charge < -0.3 is 10.2 Å². The van der Waals surface area contributed by atoms with Crippen molar-refractivity contribution in [2.75, 3.05) is 5.73 Å². The van der Waals surface area contributed by atoms with Crippen LogP contribution in [0.4, 0.5) is 5.00 Å². The Bertz CT molecular complexity index is 654. The first-order valence-electron chi connectivity index (χ1n) is 4.95. The van der Waals surface area contributed by atoms with Gasteiger partial charge in [-0.05, 0) is 30.0 Å². The van der Waals surface area contributed by atoms with Crippen LogP contribution in [0.5, 0.6) is 0 Å². The molecule has 1 aromatic carbocycles. The normalized spacial score (nSPS) is 11.1. The number of aromatic nitrogens is 1. The number of nitrogens with two attached hydrogens (primary N) is 1. The highest BCUT2D eigenvalue weighted by atomic mass is 32.1. The van der Waals surface area contributed by atoms with Crippen molar-refractivity contribution < 1.29 is 4.42 Å². The van der Waals surface area contributed by atoms with E-state index in [1.807, 2.05) is 36.6 Å². The molecule has 0 spiro atoms. The molecule has 0 aliphatic rings. The van der Waals surface area contributed by atoms with Crippen LogP contribution in [-0.2, 0) is 0 Å². The van der Waals surface area contributed by atoms with Gasteiger partial charge in [0.05, 0.1) is 10.6 Å². The van der Waals surface area contributed by atoms with E-state index in [2.05, 4.69) is 4.98 Å². The number of para-hydroxylation sites is 1. The maximum atomic E-state index is 5.85. The molecule has 0 atom stereocenters. The molecule has 0 aliphatic carbocycles. The Kier molecular flexibility index (Phi) is 1.97. The number of rotatable bonds is 1. The minimum Gasteiger partial charge on any atom is -0.436 e. The summed E-state index contributed by atoms with van der Waals surface area (Å²) in [6, 6.07) is 7.85. The number of benzene rings is 1. The first-order chi connectivity index (χ1) is 7.75. The summed E-state index contributed by atoms with van der Waals surface area (Å²) in [6.07, 6.45) is 0. The molecule has 2 N–H and O–H groups in total. The van der Waals surface area contributed by atoms with Crippen LogP contribution in [-0.4, -0.2) is 4.98 Å². The van der Waals surface area contributed by atoms with Crippen molar-refractivity contribution in [1.29, 1.82) is 0 Å². The van der Waals surface area contributed by atoms with Gasteiger partial charge in [-0.25, -0.2) is 4.98 Å². The minimum absolute atomic E-state index is 0.600. The van der Waals surface area contributed by atoms with Gasteiger partial charge in [-0.2, -0.15) is 0 Å². The molecule has 16 heavy (non-hydrogen) atoms. The molecule has 3 aromatic rings. The van der Waals surface area contributed by atoms with Crippen molar-refractivity contribution in [1.82, 2.24) is 4.98 Å². The monoisotopic (exact) mass is 230 g/mol. The molecule has 4 heteroatoms. The molecule has 2 aromatic heterocycles. The van der Waals surface area contributed by atoms with E-state index < -0.39 is 0 Å². The highest BCUT2D eigenvalue weighted by Crippen LogP contribution is 2.32. The molecule has 2 heterocycles. The summed E-state index contributed by atoms with van der Waals surface area (Å²) >= 11 is 1.49. The second kappa shape index (κ2) is 3.35. The minimum atomic E-state index is 0.600. The molecule has 0 saturated heterocycles. The van der Waals surface area contributed by atoms with Crippen molar-refractivity contribution in [3.8, 4) is 11.5 Å². The SMILES string of the molecule is Cc1cccc2nc(-c3ccsc3N)oc12. The van der Waals surface area contributed by atoms with E-state index in [1.54, 1.807) is 0 Å². The quantitative estimate of drug-likeness (QED) is 0.696. The molecule has 0 radical (unpaired) electrons. The van der Waals surface area contributed by atoms with Gasteiger partial charge in [-0.1, -0.05) is 12.1 Å². The van der Waals surface area contributed by atoms with Crippen molar-refractivity contribution in [3.63, 3.8) is 0 Å². The zero-order valence-electron chi connectivity index (χ0n) is 8.73. The third-order valence-corrected chi connectivity index (χ3v) is 3.28. The Morgan fingerprint density at radius 1 is 1.31 bits per heavy atom. The zero-order valence-corrected chi connectivity index (χ0v) is 9.54. The largest absolute Gasteiger partial charge is 0.436 e. The van der Waals surface area contributed by atoms with Crippen LogP contribution >= 0.6 is 11.3 Å². The summed E-state index contributed by atoms with van der Waals surface area (Å²) < 4.78 is 5.74. The molecule has 0 bridgehead atoms. The van der Waals surface area contributed by atoms with E-state index in [9.17, 15) is 0 Å². The Labute approximate surface area is 96.5 Å². The van der Waals surface area contributed by atoms with Gasteiger partial charge in [0.2, 0.25) is 5.89 Å². The molecule has 80 valence electrons. The maximum absolute atomic E-state index is 5.85. The van der Waals surface area contributed by atoms with Gasteiger partial charge in [-0.3, -0.25) is 0 Å². The molecule has 0 unspecified atom stereocenters. The summed E-state index contributed by atoms with van der Waals surface area (Å²) in [7, 11) is 0. The van der Waals surface area contributed by atoms with Crippen LogP contribution in [0.15, 0.2) is 34.1 Å². The lowest BCUT2D eigenvalue weighted by Gasteiger charge is -1.91. The standard InChI is InChI=1S/C12H10N2OS/c1-7-3-2-4-9-10(7)15-12(14-9)8-5-6-16-11(8)13/h2-6H,13H2,1H3. The van der Waals surface area contributed by atoms with Crippen LogP contribution in [0, 0.1) is 6.92 Å². The number of hydrogen-bond donors (Lipinski definition) is 1. The molecule has 0 aliphatic heterocycles. The van der Waals surface area contributed by atoms with Crippen molar-refractivity contribution in [2.24, 2.45) is 0 Å². The number of oxazole rings is 1. The summed E-state index contributed by atoms with van der Waals surface area (Å²) in [5, 5.41) is 2.68. The number of nitrogen functional groups attached to an aromatic ring is 1. The van der Waals surface area contributed by atoms with Crippen molar-refractivity contribution in [3.05, 3.63) is 35.2 Å². The van der Waals surface area contributed by atoms with Crippen LogP contribution in [0.2, 0.25) is 0 Å². The first kappa shape index (κ1) is 9.42. The van der Waals surface area contributed by atoms with E-state index in [4.69, 9.17) is 10.2 Å². The van der Waals surface area contributed by atoms with Gasteiger partial charge in [-0.15, -0.1) is 11.3 Å². The van der Waals surface area contributed by atoms with E-state index in [1.165, 1.54) is 11.3 Å². The second-order valence-electron chi connectivity index (χ2n) is 3.64. The van der Waals surface area contributed by atoms with E-state index >= 15 is 0 Å². The number of hydrogen-bond acceptors (Lipinski definition) is 4. The van der Waals surface area contributed by atoms with E-state index in [0.29, 0.717) is 5.89 Å². The van der Waals surface area contributed by atoms with Gasteiger partial charge in [0.1, 0.15) is 5.52 Å². The summed E-state index contributed by atoms with van der Waals surface area (Å²) in [5.41, 5.74) is 9.53. The van der Waals surface area contributed by atoms with Gasteiger partial charge in [0, 0.05) is 0 Å². The Balaban J connectivity index is 2.27. The predicted octanol–water partition coefficient (Wildman–Crippen LogP) is 3.45. The summed E-state index contributed by atoms with van der Waals surface area (Å²) in [5.74, 6) is 0.600. The zero-order chi connectivity index (χ0) is 11.1. The van der Waals surface area contributed by atoms with Crippen LogP contribution in [0.1, 0.15) is 5.56 Å². The number of anilines is 1. The highest BCUT2D eigenvalue weighted by Gasteiger charge is 2.12. The van der Waals surface area contributed by atoms with E-state index in [0.717, 1.165) is 27.2 Å². The molecular weight excluding hydrogens is 220 g/mol. The topological polar surface area (TPSA) is 52.0 Å². The lowest BCUT2D eigenvalue weighted by Crippen LogP contribution is -1.82. The Morgan fingerprint density at radius 3 is 2.88 bits per heavy atom. The molecule has 3 rings (SSSR count). The Hall–Kier alpha value is -1.81. The number of thiophene rings is 1. The lowest BCUT2D eigenvalue weighted by molar-refractivity contribution is 0.618. The number of aryl methyl sites for hydroxylation is 1. The fourth-order valence-electron chi connectivity index (χ4n) is 1.70. The van der Waals surface area contributed by atoms with Gasteiger partial charge >= 0.3 is 0 Å². The van der Waals surface area contributed by atoms with Crippen LogP contribution in [0.25, 0.3) is 22.6 Å². The maximum Gasteiger partial charge on any atom is 0.230 e. The Morgan fingerprint density at radius 2 is 2.19 bits per heavy atom. The van der Waals surface area contributed by atoms with E-state index in [-0.39, 0.29) is 0 Å². The molecule has 0 saturated carbocycles. The predicted molar refractivity (Wildman–Crippen MR) is 66.5 cm³/mol. The number of nitrogens with zero attached hydrogens (tertiary/aromatic N) is 1. The summed E-state index contributed by atoms with van der Waals surface area (Å²) in [4.78, 5) is 4.44. The molecular formula is C12H10N2OS. The smallest absolute Gasteiger partial charge is 0.230 e. The number of fused-ring (bicyclic) bond motifs is 1. The average Bonchev–Trinajstić information content (AvgIpc) is 2.84. The van der Waals surface area contributed by atoms with Crippen molar-refractivity contribution in [2.45, 2.75) is 6.92 Å². The molecule has 0 amide bonds. The molecule has 0 fully saturated rings. The van der Waals surface area contributed by atoms with Crippen molar-refractivity contribution >= 4 is 27.4 Å². The summed E-state index contributed by atoms with van der Waals surface area (Å²) in [6.45, 7) is 2.01. The third-order valence-electron chi connectivity index (χ3n) is 2.54. The average molecular weight is 230 g/mol. The lowest BCUT2D eigenvalue weighted by atomic mass is 10.2.